The number of ether oxygens (including phenoxy) is 1. The van der Waals surface area contributed by atoms with Crippen LogP contribution in [-0.2, 0) is 36.9 Å². The first kappa shape index (κ1) is 28.2. The Kier molecular flexibility index (Phi) is 7.87. The molecular formula is C31H33F3N6O2. The second-order valence-corrected chi connectivity index (χ2v) is 10.9. The molecule has 2 aliphatic heterocycles. The number of hydrogen-bond donors (Lipinski definition) is 1. The SMILES string of the molecule is CCN1CCN(Cc2ccc(CC(=O)N3CCc4ccc(Oc5ccnc6nc[nH]c56)cc4C3)cc2C(F)(F)F)CC1. The van der Waals surface area contributed by atoms with Crippen molar-refractivity contribution in [1.29, 1.82) is 0 Å². The van der Waals surface area contributed by atoms with Crippen molar-refractivity contribution >= 4 is 17.1 Å². The molecule has 0 unspecified atom stereocenters. The highest BCUT2D eigenvalue weighted by molar-refractivity contribution is 5.79. The highest BCUT2D eigenvalue weighted by Crippen LogP contribution is 2.34. The number of nitrogens with zero attached hydrogens (tertiary/aromatic N) is 5. The Balaban J connectivity index is 1.13. The Hall–Kier alpha value is -3.96. The van der Waals surface area contributed by atoms with Gasteiger partial charge in [0.05, 0.1) is 18.3 Å². The van der Waals surface area contributed by atoms with E-state index in [0.717, 1.165) is 49.9 Å². The van der Waals surface area contributed by atoms with E-state index in [2.05, 4.69) is 31.7 Å². The van der Waals surface area contributed by atoms with E-state index in [1.54, 1.807) is 35.6 Å². The normalized spacial score (nSPS) is 16.5. The maximum Gasteiger partial charge on any atom is 0.416 e. The first-order valence-corrected chi connectivity index (χ1v) is 14.3. The largest absolute Gasteiger partial charge is 0.455 e. The maximum absolute atomic E-state index is 14.1. The molecule has 6 rings (SSSR count). The lowest BCUT2D eigenvalue weighted by molar-refractivity contribution is -0.138. The number of fused-ring (bicyclic) bond motifs is 2. The van der Waals surface area contributed by atoms with E-state index in [1.165, 1.54) is 0 Å². The fourth-order valence-electron chi connectivity index (χ4n) is 5.77. The number of H-pyrrole nitrogens is 1. The van der Waals surface area contributed by atoms with Gasteiger partial charge in [0.2, 0.25) is 5.91 Å². The summed E-state index contributed by atoms with van der Waals surface area (Å²) in [6, 6.07) is 11.9. The van der Waals surface area contributed by atoms with Gasteiger partial charge < -0.3 is 19.5 Å². The van der Waals surface area contributed by atoms with Gasteiger partial charge >= 0.3 is 6.18 Å². The number of carbonyl (C=O) groups excluding carboxylic acids is 1. The van der Waals surface area contributed by atoms with E-state index in [9.17, 15) is 18.0 Å². The molecule has 0 saturated carbocycles. The average molecular weight is 579 g/mol. The molecule has 8 nitrogen and oxygen atoms in total. The van der Waals surface area contributed by atoms with Gasteiger partial charge in [-0.1, -0.05) is 25.1 Å². The molecule has 42 heavy (non-hydrogen) atoms. The molecule has 4 heterocycles. The number of aromatic nitrogens is 3. The van der Waals surface area contributed by atoms with Crippen molar-refractivity contribution in [1.82, 2.24) is 29.7 Å². The van der Waals surface area contributed by atoms with Gasteiger partial charge in [0, 0.05) is 58.1 Å². The number of nitrogens with one attached hydrogen (secondary N) is 1. The Morgan fingerprint density at radius 2 is 1.79 bits per heavy atom. The Morgan fingerprint density at radius 1 is 0.976 bits per heavy atom. The second kappa shape index (κ2) is 11.7. The Labute approximate surface area is 242 Å². The number of carbonyl (C=O) groups is 1. The van der Waals surface area contributed by atoms with Crippen LogP contribution in [0.4, 0.5) is 13.2 Å². The summed E-state index contributed by atoms with van der Waals surface area (Å²) in [5.41, 5.74) is 3.29. The Morgan fingerprint density at radius 3 is 2.57 bits per heavy atom. The molecule has 0 atom stereocenters. The zero-order valence-electron chi connectivity index (χ0n) is 23.5. The first-order valence-electron chi connectivity index (χ1n) is 14.3. The van der Waals surface area contributed by atoms with Crippen LogP contribution in [0, 0.1) is 0 Å². The van der Waals surface area contributed by atoms with E-state index in [-0.39, 0.29) is 24.4 Å². The summed E-state index contributed by atoms with van der Waals surface area (Å²) in [4.78, 5) is 30.7. The third-order valence-electron chi connectivity index (χ3n) is 8.20. The van der Waals surface area contributed by atoms with Crippen molar-refractivity contribution in [2.75, 3.05) is 39.3 Å². The summed E-state index contributed by atoms with van der Waals surface area (Å²) in [6.07, 6.45) is -0.725. The zero-order valence-corrected chi connectivity index (χ0v) is 23.5. The van der Waals surface area contributed by atoms with Crippen LogP contribution in [0.25, 0.3) is 11.2 Å². The van der Waals surface area contributed by atoms with Crippen LogP contribution in [0.5, 0.6) is 11.5 Å². The van der Waals surface area contributed by atoms with Gasteiger partial charge in [-0.05, 0) is 53.4 Å². The standard InChI is InChI=1S/C31H33F3N6O2/c1-2-38-11-13-39(14-12-38)18-23-4-3-21(15-26(23)31(32,33)34)16-28(41)40-10-8-22-5-6-25(17-24(22)19-40)42-27-7-9-35-30-29(27)36-20-37-30/h3-7,9,15,17,20H,2,8,10-14,16,18-19H2,1H3,(H,35,36,37). The molecule has 1 amide bonds. The molecule has 1 saturated heterocycles. The minimum absolute atomic E-state index is 0.0844. The van der Waals surface area contributed by atoms with Crippen LogP contribution >= 0.6 is 0 Å². The number of benzene rings is 2. The fourth-order valence-corrected chi connectivity index (χ4v) is 5.77. The molecule has 0 aliphatic carbocycles. The predicted octanol–water partition coefficient (Wildman–Crippen LogP) is 5.03. The lowest BCUT2D eigenvalue weighted by atomic mass is 9.97. The molecule has 1 N–H and O–H groups in total. The van der Waals surface area contributed by atoms with Crippen molar-refractivity contribution in [3.8, 4) is 11.5 Å². The third-order valence-corrected chi connectivity index (χ3v) is 8.20. The summed E-state index contributed by atoms with van der Waals surface area (Å²) in [7, 11) is 0. The number of alkyl halides is 3. The van der Waals surface area contributed by atoms with Gasteiger partial charge in [-0.2, -0.15) is 13.2 Å². The lowest BCUT2D eigenvalue weighted by Crippen LogP contribution is -2.45. The Bertz CT molecular complexity index is 1580. The van der Waals surface area contributed by atoms with Gasteiger partial charge in [0.25, 0.3) is 0 Å². The van der Waals surface area contributed by atoms with E-state index in [1.807, 2.05) is 18.2 Å². The smallest absolute Gasteiger partial charge is 0.416 e. The maximum atomic E-state index is 14.1. The summed E-state index contributed by atoms with van der Waals surface area (Å²) >= 11 is 0. The molecule has 0 radical (unpaired) electrons. The van der Waals surface area contributed by atoms with E-state index in [4.69, 9.17) is 4.74 Å². The number of aromatic amines is 1. The van der Waals surface area contributed by atoms with E-state index in [0.29, 0.717) is 47.7 Å². The highest BCUT2D eigenvalue weighted by Gasteiger charge is 2.34. The molecule has 0 bridgehead atoms. The van der Waals surface area contributed by atoms with E-state index < -0.39 is 11.7 Å². The summed E-state index contributed by atoms with van der Waals surface area (Å²) in [5.74, 6) is 1.01. The molecule has 0 spiro atoms. The van der Waals surface area contributed by atoms with Crippen molar-refractivity contribution in [3.05, 3.63) is 82.8 Å². The topological polar surface area (TPSA) is 77.6 Å². The van der Waals surface area contributed by atoms with Gasteiger partial charge in [-0.15, -0.1) is 0 Å². The number of hydrogen-bond acceptors (Lipinski definition) is 6. The molecule has 2 aromatic heterocycles. The van der Waals surface area contributed by atoms with Crippen LogP contribution in [0.1, 0.15) is 34.7 Å². The number of amides is 1. The van der Waals surface area contributed by atoms with Crippen LogP contribution < -0.4 is 4.74 Å². The van der Waals surface area contributed by atoms with Crippen LogP contribution in [0.2, 0.25) is 0 Å². The zero-order chi connectivity index (χ0) is 29.3. The quantitative estimate of drug-likeness (QED) is 0.332. The highest BCUT2D eigenvalue weighted by atomic mass is 19.4. The molecule has 4 aromatic rings. The number of pyridine rings is 1. The van der Waals surface area contributed by atoms with Crippen LogP contribution in [0.3, 0.4) is 0 Å². The molecule has 1 fully saturated rings. The molecule has 220 valence electrons. The van der Waals surface area contributed by atoms with Crippen molar-refractivity contribution in [3.63, 3.8) is 0 Å². The summed E-state index contributed by atoms with van der Waals surface area (Å²) in [6.45, 7) is 7.36. The monoisotopic (exact) mass is 578 g/mol. The number of imidazole rings is 1. The number of halogens is 3. The number of piperazine rings is 1. The summed E-state index contributed by atoms with van der Waals surface area (Å²) in [5, 5.41) is 0. The molecule has 2 aliphatic rings. The van der Waals surface area contributed by atoms with Gasteiger partial charge in [-0.3, -0.25) is 9.69 Å². The average Bonchev–Trinajstić information content (AvgIpc) is 3.47. The van der Waals surface area contributed by atoms with Gasteiger partial charge in [0.1, 0.15) is 11.3 Å². The number of likely N-dealkylation sites (N-methyl/N-ethyl adjacent to an activating group) is 1. The van der Waals surface area contributed by atoms with Crippen molar-refractivity contribution in [2.45, 2.75) is 39.0 Å². The van der Waals surface area contributed by atoms with Gasteiger partial charge in [0.15, 0.2) is 11.4 Å². The first-order chi connectivity index (χ1) is 20.3. The van der Waals surface area contributed by atoms with Gasteiger partial charge in [-0.25, -0.2) is 9.97 Å². The van der Waals surface area contributed by atoms with Crippen LogP contribution in [-0.4, -0.2) is 74.8 Å². The molecule has 2 aromatic carbocycles. The third kappa shape index (κ3) is 6.12. The van der Waals surface area contributed by atoms with E-state index >= 15 is 0 Å². The second-order valence-electron chi connectivity index (χ2n) is 10.9. The minimum atomic E-state index is -4.49. The van der Waals surface area contributed by atoms with Crippen molar-refractivity contribution in [2.24, 2.45) is 0 Å². The lowest BCUT2D eigenvalue weighted by Gasteiger charge is -2.34. The van der Waals surface area contributed by atoms with Crippen LogP contribution in [0.15, 0.2) is 55.0 Å². The molecular weight excluding hydrogens is 545 g/mol. The summed E-state index contributed by atoms with van der Waals surface area (Å²) < 4.78 is 48.3. The molecule has 11 heteroatoms. The van der Waals surface area contributed by atoms with Crippen molar-refractivity contribution < 1.29 is 22.7 Å². The predicted molar refractivity (Wildman–Crippen MR) is 152 cm³/mol. The number of rotatable bonds is 7. The minimum Gasteiger partial charge on any atom is -0.455 e. The fraction of sp³-hybridized carbons (Fsp3) is 0.387.